The maximum absolute atomic E-state index is 12.1. The highest BCUT2D eigenvalue weighted by Gasteiger charge is 2.10. The summed E-state index contributed by atoms with van der Waals surface area (Å²) < 4.78 is 0. The molecule has 2 N–H and O–H groups in total. The lowest BCUT2D eigenvalue weighted by molar-refractivity contribution is 0.102. The number of carbonyl (C=O) groups is 1. The Labute approximate surface area is 116 Å². The van der Waals surface area contributed by atoms with Gasteiger partial charge in [-0.2, -0.15) is 0 Å². The molecule has 100 valence electrons. The molecule has 0 bridgehead atoms. The van der Waals surface area contributed by atoms with Crippen molar-refractivity contribution in [2.24, 2.45) is 0 Å². The van der Waals surface area contributed by atoms with E-state index in [0.717, 1.165) is 17.9 Å². The van der Waals surface area contributed by atoms with E-state index < -0.39 is 0 Å². The Bertz CT molecular complexity index is 594. The first kappa shape index (κ1) is 13.5. The fourth-order valence-electron chi connectivity index (χ4n) is 1.65. The van der Waals surface area contributed by atoms with Gasteiger partial charge in [-0.25, -0.2) is 9.97 Å². The molecule has 0 aliphatic heterocycles. The van der Waals surface area contributed by atoms with Crippen molar-refractivity contribution in [3.8, 4) is 0 Å². The van der Waals surface area contributed by atoms with Crippen molar-refractivity contribution in [2.45, 2.75) is 20.8 Å². The summed E-state index contributed by atoms with van der Waals surface area (Å²) in [5.74, 6) is 0.543. The molecule has 0 fully saturated rings. The van der Waals surface area contributed by atoms with Gasteiger partial charge in [-0.3, -0.25) is 10.1 Å². The van der Waals surface area contributed by atoms with Crippen LogP contribution in [0.2, 0.25) is 0 Å². The smallest absolute Gasteiger partial charge is 0.257 e. The van der Waals surface area contributed by atoms with E-state index in [-0.39, 0.29) is 5.91 Å². The third-order valence-corrected chi connectivity index (χ3v) is 3.29. The van der Waals surface area contributed by atoms with E-state index in [1.807, 2.05) is 26.2 Å². The van der Waals surface area contributed by atoms with Crippen molar-refractivity contribution >= 4 is 28.2 Å². The van der Waals surface area contributed by atoms with Crippen molar-refractivity contribution in [3.05, 3.63) is 34.5 Å². The molecule has 2 rings (SSSR count). The van der Waals surface area contributed by atoms with E-state index in [1.54, 1.807) is 12.1 Å². The minimum absolute atomic E-state index is 0.168. The van der Waals surface area contributed by atoms with Gasteiger partial charge in [-0.1, -0.05) is 0 Å². The highest BCUT2D eigenvalue weighted by atomic mass is 32.1. The summed E-state index contributed by atoms with van der Waals surface area (Å²) in [6, 6.07) is 3.50. The van der Waals surface area contributed by atoms with Gasteiger partial charge in [0.2, 0.25) is 0 Å². The molecule has 2 heterocycles. The number of nitrogens with one attached hydrogen (secondary N) is 2. The fraction of sp³-hybridized carbons (Fsp3) is 0.308. The van der Waals surface area contributed by atoms with Gasteiger partial charge in [0, 0.05) is 23.2 Å². The molecule has 19 heavy (non-hydrogen) atoms. The van der Waals surface area contributed by atoms with Gasteiger partial charge >= 0.3 is 0 Å². The molecule has 0 atom stereocenters. The van der Waals surface area contributed by atoms with Crippen molar-refractivity contribution in [1.29, 1.82) is 0 Å². The quantitative estimate of drug-likeness (QED) is 0.901. The molecule has 0 unspecified atom stereocenters. The predicted octanol–water partition coefficient (Wildman–Crippen LogP) is 2.84. The number of carbonyl (C=O) groups excluding carboxylic acids is 1. The number of aryl methyl sites for hydroxylation is 2. The molecule has 0 aromatic carbocycles. The Hall–Kier alpha value is -1.95. The average molecular weight is 276 g/mol. The van der Waals surface area contributed by atoms with Gasteiger partial charge in [0.05, 0.1) is 5.69 Å². The third kappa shape index (κ3) is 3.51. The molecule has 6 heteroatoms. The third-order valence-electron chi connectivity index (χ3n) is 2.41. The number of hydrogen-bond acceptors (Lipinski definition) is 5. The molecule has 0 saturated carbocycles. The molecule has 5 nitrogen and oxygen atoms in total. The van der Waals surface area contributed by atoms with Gasteiger partial charge in [-0.05, 0) is 32.9 Å². The molecular formula is C13H16N4OS. The monoisotopic (exact) mass is 276 g/mol. The average Bonchev–Trinajstić information content (AvgIpc) is 2.74. The van der Waals surface area contributed by atoms with Crippen LogP contribution < -0.4 is 10.6 Å². The van der Waals surface area contributed by atoms with E-state index in [9.17, 15) is 4.79 Å². The van der Waals surface area contributed by atoms with E-state index >= 15 is 0 Å². The number of pyridine rings is 1. The van der Waals surface area contributed by atoms with E-state index in [1.165, 1.54) is 11.3 Å². The van der Waals surface area contributed by atoms with Crippen LogP contribution in [-0.4, -0.2) is 22.4 Å². The summed E-state index contributed by atoms with van der Waals surface area (Å²) >= 11 is 1.42. The number of anilines is 2. The van der Waals surface area contributed by atoms with E-state index in [2.05, 4.69) is 20.6 Å². The number of hydrogen-bond donors (Lipinski definition) is 2. The standard InChI is InChI=1S/C13H16N4OS/c1-4-14-11-6-10(5-8(2)15-11)12(18)17-13-16-9(3)7-19-13/h5-7H,4H2,1-3H3,(H,14,15)(H,16,17,18). The number of aromatic nitrogens is 2. The second kappa shape index (κ2) is 5.79. The Morgan fingerprint density at radius 2 is 2.05 bits per heavy atom. The molecule has 0 aliphatic carbocycles. The Morgan fingerprint density at radius 3 is 2.68 bits per heavy atom. The van der Waals surface area contributed by atoms with Crippen LogP contribution >= 0.6 is 11.3 Å². The van der Waals surface area contributed by atoms with Crippen LogP contribution in [0.3, 0.4) is 0 Å². The van der Waals surface area contributed by atoms with Crippen LogP contribution in [0.25, 0.3) is 0 Å². The van der Waals surface area contributed by atoms with Gasteiger partial charge < -0.3 is 5.32 Å². The van der Waals surface area contributed by atoms with Crippen LogP contribution in [-0.2, 0) is 0 Å². The van der Waals surface area contributed by atoms with Crippen LogP contribution in [0.15, 0.2) is 17.5 Å². The van der Waals surface area contributed by atoms with Gasteiger partial charge in [-0.15, -0.1) is 11.3 Å². The second-order valence-corrected chi connectivity index (χ2v) is 5.02. The molecule has 0 radical (unpaired) electrons. The zero-order chi connectivity index (χ0) is 13.8. The maximum Gasteiger partial charge on any atom is 0.257 e. The highest BCUT2D eigenvalue weighted by Crippen LogP contribution is 2.17. The summed E-state index contributed by atoms with van der Waals surface area (Å²) in [5.41, 5.74) is 2.29. The molecular weight excluding hydrogens is 260 g/mol. The van der Waals surface area contributed by atoms with Crippen LogP contribution in [0.4, 0.5) is 10.9 Å². The lowest BCUT2D eigenvalue weighted by atomic mass is 10.2. The summed E-state index contributed by atoms with van der Waals surface area (Å²) in [5, 5.41) is 8.41. The van der Waals surface area contributed by atoms with Crippen molar-refractivity contribution < 1.29 is 4.79 Å². The van der Waals surface area contributed by atoms with Crippen LogP contribution in [0, 0.1) is 13.8 Å². The SMILES string of the molecule is CCNc1cc(C(=O)Nc2nc(C)cs2)cc(C)n1. The number of nitrogens with zero attached hydrogens (tertiary/aromatic N) is 2. The maximum atomic E-state index is 12.1. The first-order chi connectivity index (χ1) is 9.08. The first-order valence-electron chi connectivity index (χ1n) is 6.04. The zero-order valence-electron chi connectivity index (χ0n) is 11.2. The topological polar surface area (TPSA) is 66.9 Å². The Morgan fingerprint density at radius 1 is 1.26 bits per heavy atom. The molecule has 0 aliphatic rings. The molecule has 2 aromatic heterocycles. The van der Waals surface area contributed by atoms with Crippen molar-refractivity contribution in [3.63, 3.8) is 0 Å². The summed E-state index contributed by atoms with van der Waals surface area (Å²) in [6.45, 7) is 6.52. The summed E-state index contributed by atoms with van der Waals surface area (Å²) in [4.78, 5) is 20.7. The highest BCUT2D eigenvalue weighted by molar-refractivity contribution is 7.13. The van der Waals surface area contributed by atoms with E-state index in [0.29, 0.717) is 16.5 Å². The van der Waals surface area contributed by atoms with Crippen LogP contribution in [0.5, 0.6) is 0 Å². The van der Waals surface area contributed by atoms with Crippen LogP contribution in [0.1, 0.15) is 28.7 Å². The van der Waals surface area contributed by atoms with Gasteiger partial charge in [0.25, 0.3) is 5.91 Å². The molecule has 0 saturated heterocycles. The van der Waals surface area contributed by atoms with Gasteiger partial charge in [0.1, 0.15) is 5.82 Å². The largest absolute Gasteiger partial charge is 0.370 e. The summed E-state index contributed by atoms with van der Waals surface area (Å²) in [6.07, 6.45) is 0. The summed E-state index contributed by atoms with van der Waals surface area (Å²) in [7, 11) is 0. The minimum Gasteiger partial charge on any atom is -0.370 e. The number of amides is 1. The Kier molecular flexibility index (Phi) is 4.11. The molecule has 2 aromatic rings. The lowest BCUT2D eigenvalue weighted by Gasteiger charge is -2.07. The number of rotatable bonds is 4. The predicted molar refractivity (Wildman–Crippen MR) is 77.9 cm³/mol. The molecule has 1 amide bonds. The number of thiazole rings is 1. The zero-order valence-corrected chi connectivity index (χ0v) is 12.0. The second-order valence-electron chi connectivity index (χ2n) is 4.16. The Balaban J connectivity index is 2.18. The first-order valence-corrected chi connectivity index (χ1v) is 6.92. The fourth-order valence-corrected chi connectivity index (χ4v) is 2.34. The van der Waals surface area contributed by atoms with Crippen molar-refractivity contribution in [2.75, 3.05) is 17.2 Å². The lowest BCUT2D eigenvalue weighted by Crippen LogP contribution is -2.13. The normalized spacial score (nSPS) is 10.3. The van der Waals surface area contributed by atoms with E-state index in [4.69, 9.17) is 0 Å². The van der Waals surface area contributed by atoms with Crippen molar-refractivity contribution in [1.82, 2.24) is 9.97 Å². The van der Waals surface area contributed by atoms with Gasteiger partial charge in [0.15, 0.2) is 5.13 Å². The minimum atomic E-state index is -0.168. The molecule has 0 spiro atoms.